The van der Waals surface area contributed by atoms with Crippen molar-refractivity contribution < 1.29 is 23.9 Å². The van der Waals surface area contributed by atoms with Gasteiger partial charge in [-0.3, -0.25) is 4.79 Å². The molecule has 5 rings (SSSR count). The monoisotopic (exact) mass is 588 g/mol. The number of anilines is 1. The van der Waals surface area contributed by atoms with Crippen LogP contribution >= 0.6 is 23.2 Å². The molecular weight excluding hydrogens is 563 g/mol. The van der Waals surface area contributed by atoms with Crippen LogP contribution in [0, 0.1) is 0 Å². The quantitative estimate of drug-likeness (QED) is 0.219. The first-order valence-corrected chi connectivity index (χ1v) is 13.6. The summed E-state index contributed by atoms with van der Waals surface area (Å²) in [6, 6.07) is 26.8. The van der Waals surface area contributed by atoms with Gasteiger partial charge in [-0.1, -0.05) is 89.9 Å². The molecule has 0 bridgehead atoms. The molecule has 7 nitrogen and oxygen atoms in total. The first-order valence-electron chi connectivity index (χ1n) is 12.9. The zero-order valence-corrected chi connectivity index (χ0v) is 23.5. The third-order valence-corrected chi connectivity index (χ3v) is 7.59. The SMILES string of the molecule is COC(=O)[C@H](Cc1ccc(NC(=O)c2c(Cl)cccc2Cl)cc1)NC(=O)OCC1c2ccccc2-c2ccccc21. The highest BCUT2D eigenvalue weighted by molar-refractivity contribution is 6.40. The van der Waals surface area contributed by atoms with Crippen molar-refractivity contribution in [1.82, 2.24) is 5.32 Å². The Balaban J connectivity index is 1.21. The van der Waals surface area contributed by atoms with Crippen molar-refractivity contribution in [2.75, 3.05) is 19.0 Å². The number of carbonyl (C=O) groups excluding carboxylic acids is 3. The van der Waals surface area contributed by atoms with Crippen molar-refractivity contribution >= 4 is 46.9 Å². The molecule has 208 valence electrons. The number of ether oxygens (including phenoxy) is 2. The Hall–Kier alpha value is -4.33. The Bertz CT molecular complexity index is 1540. The van der Waals surface area contributed by atoms with E-state index in [-0.39, 0.29) is 34.6 Å². The molecule has 41 heavy (non-hydrogen) atoms. The summed E-state index contributed by atoms with van der Waals surface area (Å²) in [5.41, 5.74) is 5.85. The number of hydrogen-bond donors (Lipinski definition) is 2. The zero-order valence-electron chi connectivity index (χ0n) is 22.0. The van der Waals surface area contributed by atoms with Gasteiger partial charge in [-0.2, -0.15) is 0 Å². The standard InChI is InChI=1S/C32H26Cl2N2O5/c1-40-31(38)28(17-19-13-15-20(16-14-19)35-30(37)29-26(33)11-6-12-27(29)34)36-32(39)41-18-25-23-9-4-2-7-21(23)22-8-3-5-10-24(22)25/h2-16,25,28H,17-18H2,1H3,(H,35,37)(H,36,39)/t28-/m0/s1. The molecule has 4 aromatic carbocycles. The lowest BCUT2D eigenvalue weighted by Gasteiger charge is -2.19. The maximum absolute atomic E-state index is 12.8. The van der Waals surface area contributed by atoms with Gasteiger partial charge in [0, 0.05) is 18.0 Å². The Morgan fingerprint density at radius 2 is 1.39 bits per heavy atom. The number of esters is 1. The fraction of sp³-hybridized carbons (Fsp3) is 0.156. The number of halogens is 2. The molecule has 0 radical (unpaired) electrons. The molecular formula is C32H26Cl2N2O5. The smallest absolute Gasteiger partial charge is 0.407 e. The fourth-order valence-corrected chi connectivity index (χ4v) is 5.56. The predicted octanol–water partition coefficient (Wildman–Crippen LogP) is 6.87. The molecule has 0 aliphatic heterocycles. The molecule has 0 saturated carbocycles. The molecule has 1 atom stereocenters. The second-order valence-corrected chi connectivity index (χ2v) is 10.3. The number of nitrogens with one attached hydrogen (secondary N) is 2. The first kappa shape index (κ1) is 28.2. The molecule has 0 aromatic heterocycles. The first-order chi connectivity index (χ1) is 19.9. The van der Waals surface area contributed by atoms with Crippen LogP contribution < -0.4 is 10.6 Å². The van der Waals surface area contributed by atoms with E-state index >= 15 is 0 Å². The highest BCUT2D eigenvalue weighted by atomic mass is 35.5. The summed E-state index contributed by atoms with van der Waals surface area (Å²) in [6.07, 6.45) is -0.565. The van der Waals surface area contributed by atoms with Gasteiger partial charge in [0.2, 0.25) is 0 Å². The lowest BCUT2D eigenvalue weighted by molar-refractivity contribution is -0.143. The molecule has 9 heteroatoms. The van der Waals surface area contributed by atoms with E-state index in [1.54, 1.807) is 42.5 Å². The van der Waals surface area contributed by atoms with Gasteiger partial charge < -0.3 is 20.1 Å². The number of methoxy groups -OCH3 is 1. The van der Waals surface area contributed by atoms with E-state index in [0.29, 0.717) is 5.69 Å². The van der Waals surface area contributed by atoms with E-state index in [4.69, 9.17) is 32.7 Å². The van der Waals surface area contributed by atoms with Gasteiger partial charge in [0.15, 0.2) is 0 Å². The molecule has 1 aliphatic carbocycles. The van der Waals surface area contributed by atoms with Crippen molar-refractivity contribution in [2.24, 2.45) is 0 Å². The third kappa shape index (κ3) is 6.21. The maximum Gasteiger partial charge on any atom is 0.407 e. The summed E-state index contributed by atoms with van der Waals surface area (Å²) in [5.74, 6) is -1.16. The van der Waals surface area contributed by atoms with Crippen LogP contribution in [-0.4, -0.2) is 37.7 Å². The number of carbonyl (C=O) groups is 3. The molecule has 0 fully saturated rings. The van der Waals surface area contributed by atoms with Crippen LogP contribution in [0.3, 0.4) is 0 Å². The summed E-state index contributed by atoms with van der Waals surface area (Å²) >= 11 is 12.3. The van der Waals surface area contributed by atoms with Crippen LogP contribution in [-0.2, 0) is 20.7 Å². The lowest BCUT2D eigenvalue weighted by Crippen LogP contribution is -2.43. The third-order valence-electron chi connectivity index (χ3n) is 6.96. The van der Waals surface area contributed by atoms with E-state index < -0.39 is 24.0 Å². The van der Waals surface area contributed by atoms with Crippen molar-refractivity contribution in [3.05, 3.63) is 123 Å². The van der Waals surface area contributed by atoms with Crippen LogP contribution in [0.2, 0.25) is 10.0 Å². The van der Waals surface area contributed by atoms with Crippen molar-refractivity contribution in [2.45, 2.75) is 18.4 Å². The van der Waals surface area contributed by atoms with Crippen LogP contribution in [0.15, 0.2) is 91.0 Å². The number of benzene rings is 4. The molecule has 0 spiro atoms. The number of rotatable bonds is 8. The molecule has 4 aromatic rings. The molecule has 0 unspecified atom stereocenters. The maximum atomic E-state index is 12.8. The Labute approximate surface area is 247 Å². The van der Waals surface area contributed by atoms with Crippen LogP contribution in [0.5, 0.6) is 0 Å². The van der Waals surface area contributed by atoms with Gasteiger partial charge in [0.25, 0.3) is 5.91 Å². The van der Waals surface area contributed by atoms with E-state index in [2.05, 4.69) is 22.8 Å². The summed E-state index contributed by atoms with van der Waals surface area (Å²) in [6.45, 7) is 0.123. The van der Waals surface area contributed by atoms with Gasteiger partial charge in [-0.25, -0.2) is 9.59 Å². The van der Waals surface area contributed by atoms with E-state index in [9.17, 15) is 14.4 Å². The summed E-state index contributed by atoms with van der Waals surface area (Å²) in [4.78, 5) is 38.0. The van der Waals surface area contributed by atoms with Crippen molar-refractivity contribution in [3.8, 4) is 11.1 Å². The number of amides is 2. The van der Waals surface area contributed by atoms with Crippen LogP contribution in [0.4, 0.5) is 10.5 Å². The zero-order chi connectivity index (χ0) is 28.9. The van der Waals surface area contributed by atoms with Crippen molar-refractivity contribution in [1.29, 1.82) is 0 Å². The fourth-order valence-electron chi connectivity index (χ4n) is 4.99. The number of hydrogen-bond acceptors (Lipinski definition) is 5. The summed E-state index contributed by atoms with van der Waals surface area (Å²) < 4.78 is 10.5. The summed E-state index contributed by atoms with van der Waals surface area (Å²) in [7, 11) is 1.26. The van der Waals surface area contributed by atoms with Gasteiger partial charge in [0.05, 0.1) is 22.7 Å². The second-order valence-electron chi connectivity index (χ2n) is 9.50. The average molecular weight is 589 g/mol. The second kappa shape index (κ2) is 12.5. The molecule has 0 saturated heterocycles. The highest BCUT2D eigenvalue weighted by Crippen LogP contribution is 2.44. The molecule has 0 heterocycles. The predicted molar refractivity (Wildman–Crippen MR) is 159 cm³/mol. The van der Waals surface area contributed by atoms with Crippen LogP contribution in [0.25, 0.3) is 11.1 Å². The Morgan fingerprint density at radius 3 is 1.98 bits per heavy atom. The minimum atomic E-state index is -0.974. The van der Waals surface area contributed by atoms with Gasteiger partial charge in [-0.05, 0) is 52.1 Å². The highest BCUT2D eigenvalue weighted by Gasteiger charge is 2.30. The number of alkyl carbamates (subject to hydrolysis) is 1. The molecule has 1 aliphatic rings. The van der Waals surface area contributed by atoms with E-state index in [0.717, 1.165) is 27.8 Å². The summed E-state index contributed by atoms with van der Waals surface area (Å²) in [5, 5.41) is 5.87. The average Bonchev–Trinajstić information content (AvgIpc) is 3.30. The largest absolute Gasteiger partial charge is 0.467 e. The van der Waals surface area contributed by atoms with Gasteiger partial charge in [-0.15, -0.1) is 0 Å². The molecule has 2 N–H and O–H groups in total. The van der Waals surface area contributed by atoms with E-state index in [1.807, 2.05) is 36.4 Å². The molecule has 2 amide bonds. The van der Waals surface area contributed by atoms with E-state index in [1.165, 1.54) is 7.11 Å². The van der Waals surface area contributed by atoms with Gasteiger partial charge in [0.1, 0.15) is 12.6 Å². The Kier molecular flexibility index (Phi) is 8.57. The normalized spacial score (nSPS) is 12.6. The van der Waals surface area contributed by atoms with Gasteiger partial charge >= 0.3 is 12.1 Å². The lowest BCUT2D eigenvalue weighted by atomic mass is 9.98. The minimum absolute atomic E-state index is 0.104. The van der Waals surface area contributed by atoms with Crippen LogP contribution in [0.1, 0.15) is 33.0 Å². The number of fused-ring (bicyclic) bond motifs is 3. The topological polar surface area (TPSA) is 93.7 Å². The minimum Gasteiger partial charge on any atom is -0.467 e. The van der Waals surface area contributed by atoms with Crippen molar-refractivity contribution in [3.63, 3.8) is 0 Å². The Morgan fingerprint density at radius 1 is 0.805 bits per heavy atom.